The molecule has 0 aliphatic rings. The summed E-state index contributed by atoms with van der Waals surface area (Å²) in [6.07, 6.45) is 6.14. The number of hydrogen-bond acceptors (Lipinski definition) is 3. The quantitative estimate of drug-likeness (QED) is 0.649. The number of nitrogens with zero attached hydrogens (tertiary/aromatic N) is 2. The molecule has 0 spiro atoms. The molecule has 1 heterocycles. The zero-order valence-electron chi connectivity index (χ0n) is 12.0. The van der Waals surface area contributed by atoms with Gasteiger partial charge in [-0.3, -0.25) is 0 Å². The topological polar surface area (TPSA) is 39.1 Å². The Morgan fingerprint density at radius 2 is 2.22 bits per heavy atom. The largest absolute Gasteiger partial charge is 0.380 e. The Balaban J connectivity index is 2.11. The number of likely N-dealkylation sites (N-methyl/N-ethyl adjacent to an activating group) is 1. The molecule has 0 amide bonds. The molecule has 0 saturated heterocycles. The zero-order valence-corrected chi connectivity index (χ0v) is 12.0. The Hall–Kier alpha value is -0.870. The van der Waals surface area contributed by atoms with Crippen LogP contribution >= 0.6 is 0 Å². The lowest BCUT2D eigenvalue weighted by molar-refractivity contribution is 0.116. The Bertz CT molecular complexity index is 310. The van der Waals surface area contributed by atoms with Gasteiger partial charge in [0.25, 0.3) is 0 Å². The molecule has 0 radical (unpaired) electrons. The molecule has 0 bridgehead atoms. The first-order valence-electron chi connectivity index (χ1n) is 7.01. The van der Waals surface area contributed by atoms with Crippen LogP contribution in [0.2, 0.25) is 0 Å². The minimum atomic E-state index is 0.718. The molecule has 0 unspecified atom stereocenters. The van der Waals surface area contributed by atoms with Crippen LogP contribution < -0.4 is 5.32 Å². The average molecular weight is 253 g/mol. The molecule has 1 aromatic rings. The van der Waals surface area contributed by atoms with Gasteiger partial charge in [-0.1, -0.05) is 20.8 Å². The maximum Gasteiger partial charge on any atom is 0.0950 e. The molecule has 1 rings (SSSR count). The van der Waals surface area contributed by atoms with Gasteiger partial charge in [-0.05, 0) is 18.9 Å². The van der Waals surface area contributed by atoms with Gasteiger partial charge in [0.2, 0.25) is 0 Å². The molecule has 0 saturated carbocycles. The predicted octanol–water partition coefficient (Wildman–Crippen LogP) is 2.10. The Kier molecular flexibility index (Phi) is 7.69. The lowest BCUT2D eigenvalue weighted by Gasteiger charge is -2.06. The lowest BCUT2D eigenvalue weighted by atomic mass is 10.1. The van der Waals surface area contributed by atoms with E-state index in [2.05, 4.69) is 41.8 Å². The maximum absolute atomic E-state index is 5.60. The number of rotatable bonds is 10. The molecule has 4 nitrogen and oxygen atoms in total. The first-order chi connectivity index (χ1) is 8.72. The number of hydrogen-bond donors (Lipinski definition) is 1. The number of aromatic nitrogens is 2. The summed E-state index contributed by atoms with van der Waals surface area (Å²) in [6, 6.07) is 0. The van der Waals surface area contributed by atoms with Crippen LogP contribution in [0.25, 0.3) is 0 Å². The van der Waals surface area contributed by atoms with Crippen molar-refractivity contribution in [3.05, 3.63) is 18.2 Å². The van der Waals surface area contributed by atoms with Crippen LogP contribution in [0.5, 0.6) is 0 Å². The van der Waals surface area contributed by atoms with E-state index in [4.69, 9.17) is 4.74 Å². The highest BCUT2D eigenvalue weighted by Gasteiger charge is 1.99. The van der Waals surface area contributed by atoms with Gasteiger partial charge in [-0.25, -0.2) is 4.98 Å². The Morgan fingerprint density at radius 1 is 1.39 bits per heavy atom. The fraction of sp³-hybridized carbons (Fsp3) is 0.786. The summed E-state index contributed by atoms with van der Waals surface area (Å²) >= 11 is 0. The molecule has 4 heteroatoms. The van der Waals surface area contributed by atoms with Crippen molar-refractivity contribution in [1.82, 2.24) is 14.9 Å². The first-order valence-corrected chi connectivity index (χ1v) is 7.01. The van der Waals surface area contributed by atoms with Gasteiger partial charge in [0.15, 0.2) is 0 Å². The third-order valence-corrected chi connectivity index (χ3v) is 2.83. The van der Waals surface area contributed by atoms with Crippen LogP contribution in [0.4, 0.5) is 0 Å². The fourth-order valence-corrected chi connectivity index (χ4v) is 1.64. The Labute approximate surface area is 111 Å². The molecule has 18 heavy (non-hydrogen) atoms. The van der Waals surface area contributed by atoms with E-state index >= 15 is 0 Å². The highest BCUT2D eigenvalue weighted by Crippen LogP contribution is 2.00. The molecule has 0 fully saturated rings. The number of ether oxygens (including phenoxy) is 1. The van der Waals surface area contributed by atoms with Crippen molar-refractivity contribution in [3.8, 4) is 0 Å². The van der Waals surface area contributed by atoms with E-state index in [0.717, 1.165) is 57.3 Å². The first kappa shape index (κ1) is 15.2. The molecular weight excluding hydrogens is 226 g/mol. The van der Waals surface area contributed by atoms with Crippen molar-refractivity contribution in [3.63, 3.8) is 0 Å². The molecule has 0 aliphatic carbocycles. The van der Waals surface area contributed by atoms with E-state index < -0.39 is 0 Å². The predicted molar refractivity (Wildman–Crippen MR) is 74.7 cm³/mol. The van der Waals surface area contributed by atoms with Gasteiger partial charge in [-0.2, -0.15) is 0 Å². The molecular formula is C14H27N3O. The average Bonchev–Trinajstić information content (AvgIpc) is 2.77. The summed E-state index contributed by atoms with van der Waals surface area (Å²) in [5.74, 6) is 0.718. The molecule has 0 atom stereocenters. The second-order valence-electron chi connectivity index (χ2n) is 5.00. The van der Waals surface area contributed by atoms with Gasteiger partial charge in [0, 0.05) is 32.3 Å². The van der Waals surface area contributed by atoms with Crippen molar-refractivity contribution in [2.45, 2.75) is 40.2 Å². The van der Waals surface area contributed by atoms with E-state index in [-0.39, 0.29) is 0 Å². The minimum absolute atomic E-state index is 0.718. The van der Waals surface area contributed by atoms with Gasteiger partial charge in [-0.15, -0.1) is 0 Å². The fourth-order valence-electron chi connectivity index (χ4n) is 1.64. The van der Waals surface area contributed by atoms with Crippen molar-refractivity contribution in [2.24, 2.45) is 5.92 Å². The molecule has 1 N–H and O–H groups in total. The van der Waals surface area contributed by atoms with Crippen molar-refractivity contribution in [2.75, 3.05) is 26.3 Å². The third-order valence-electron chi connectivity index (χ3n) is 2.83. The van der Waals surface area contributed by atoms with Crippen LogP contribution in [0.15, 0.2) is 12.5 Å². The summed E-state index contributed by atoms with van der Waals surface area (Å²) in [5, 5.41) is 3.30. The maximum atomic E-state index is 5.60. The van der Waals surface area contributed by atoms with Crippen molar-refractivity contribution >= 4 is 0 Å². The van der Waals surface area contributed by atoms with Crippen molar-refractivity contribution < 1.29 is 4.74 Å². The third kappa shape index (κ3) is 6.77. The minimum Gasteiger partial charge on any atom is -0.380 e. The van der Waals surface area contributed by atoms with E-state index in [0.29, 0.717) is 0 Å². The second-order valence-corrected chi connectivity index (χ2v) is 5.00. The van der Waals surface area contributed by atoms with Crippen molar-refractivity contribution in [1.29, 1.82) is 0 Å². The highest BCUT2D eigenvalue weighted by atomic mass is 16.5. The number of imidazole rings is 1. The van der Waals surface area contributed by atoms with Crippen LogP contribution in [0.3, 0.4) is 0 Å². The van der Waals surface area contributed by atoms with Crippen LogP contribution in [0.1, 0.15) is 32.9 Å². The standard InChI is InChI=1S/C14H27N3O/c1-4-15-7-5-14-11-17(12-16-14)8-10-18-9-6-13(2)3/h11-13,15H,4-10H2,1-3H3. The van der Waals surface area contributed by atoms with Gasteiger partial charge >= 0.3 is 0 Å². The summed E-state index contributed by atoms with van der Waals surface area (Å²) < 4.78 is 7.70. The molecule has 1 aromatic heterocycles. The van der Waals surface area contributed by atoms with E-state index in [1.807, 2.05) is 6.33 Å². The van der Waals surface area contributed by atoms with E-state index in [9.17, 15) is 0 Å². The zero-order chi connectivity index (χ0) is 13.2. The van der Waals surface area contributed by atoms with Gasteiger partial charge in [0.05, 0.1) is 18.6 Å². The number of nitrogens with one attached hydrogen (secondary N) is 1. The summed E-state index contributed by atoms with van der Waals surface area (Å²) in [7, 11) is 0. The van der Waals surface area contributed by atoms with Crippen LogP contribution in [-0.4, -0.2) is 35.9 Å². The normalized spacial score (nSPS) is 11.3. The smallest absolute Gasteiger partial charge is 0.0950 e. The molecule has 0 aromatic carbocycles. The summed E-state index contributed by atoms with van der Waals surface area (Å²) in [6.45, 7) is 11.1. The lowest BCUT2D eigenvalue weighted by Crippen LogP contribution is -2.16. The second kappa shape index (κ2) is 9.11. The highest BCUT2D eigenvalue weighted by molar-refractivity contribution is 4.97. The van der Waals surface area contributed by atoms with Gasteiger partial charge in [0.1, 0.15) is 0 Å². The van der Waals surface area contributed by atoms with Crippen LogP contribution in [-0.2, 0) is 17.7 Å². The van der Waals surface area contributed by atoms with Gasteiger partial charge < -0.3 is 14.6 Å². The van der Waals surface area contributed by atoms with E-state index in [1.165, 1.54) is 0 Å². The SMILES string of the molecule is CCNCCc1cn(CCOCCC(C)C)cn1. The molecule has 104 valence electrons. The monoisotopic (exact) mass is 253 g/mol. The summed E-state index contributed by atoms with van der Waals surface area (Å²) in [4.78, 5) is 4.38. The van der Waals surface area contributed by atoms with E-state index in [1.54, 1.807) is 0 Å². The summed E-state index contributed by atoms with van der Waals surface area (Å²) in [5.41, 5.74) is 1.15. The molecule has 0 aliphatic heterocycles. The van der Waals surface area contributed by atoms with Crippen LogP contribution in [0, 0.1) is 5.92 Å². The Morgan fingerprint density at radius 3 is 2.94 bits per heavy atom.